The lowest BCUT2D eigenvalue weighted by molar-refractivity contribution is -0.164. The van der Waals surface area contributed by atoms with Crippen molar-refractivity contribution in [1.82, 2.24) is 0 Å². The van der Waals surface area contributed by atoms with E-state index in [1.807, 2.05) is 32.9 Å². The molecule has 0 fully saturated rings. The quantitative estimate of drug-likeness (QED) is 0.538. The smallest absolute Gasteiger partial charge is 0.316 e. The first kappa shape index (κ1) is 13.0. The van der Waals surface area contributed by atoms with E-state index in [1.165, 1.54) is 5.57 Å². The van der Waals surface area contributed by atoms with Gasteiger partial charge in [-0.3, -0.25) is 4.79 Å². The monoisotopic (exact) mass is 222 g/mol. The average Bonchev–Trinajstić information content (AvgIpc) is 2.12. The van der Waals surface area contributed by atoms with E-state index in [2.05, 4.69) is 19.9 Å². The number of esters is 1. The maximum Gasteiger partial charge on any atom is 0.316 e. The standard InChI is InChI=1S/C14H22O2/c1-11(2)7-6-8-14(5)10-9-13(3,4)12(15)16-14/h7,9-10H,6,8H2,1-5H3. The van der Waals surface area contributed by atoms with Crippen LogP contribution in [0.1, 0.15) is 47.5 Å². The van der Waals surface area contributed by atoms with Crippen LogP contribution in [0.15, 0.2) is 23.8 Å². The summed E-state index contributed by atoms with van der Waals surface area (Å²) in [5.74, 6) is -0.130. The Morgan fingerprint density at radius 2 is 1.94 bits per heavy atom. The zero-order chi connectivity index (χ0) is 12.4. The summed E-state index contributed by atoms with van der Waals surface area (Å²) in [6, 6.07) is 0. The zero-order valence-corrected chi connectivity index (χ0v) is 11.0. The number of hydrogen-bond donors (Lipinski definition) is 0. The summed E-state index contributed by atoms with van der Waals surface area (Å²) >= 11 is 0. The summed E-state index contributed by atoms with van der Waals surface area (Å²) < 4.78 is 5.52. The van der Waals surface area contributed by atoms with E-state index in [9.17, 15) is 4.79 Å². The topological polar surface area (TPSA) is 26.3 Å². The minimum atomic E-state index is -0.476. The maximum atomic E-state index is 11.7. The van der Waals surface area contributed by atoms with E-state index in [1.54, 1.807) is 0 Å². The Kier molecular flexibility index (Phi) is 3.61. The van der Waals surface area contributed by atoms with E-state index in [0.29, 0.717) is 0 Å². The predicted octanol–water partition coefficient (Wildman–Crippen LogP) is 3.63. The van der Waals surface area contributed by atoms with Gasteiger partial charge in [0.2, 0.25) is 0 Å². The Labute approximate surface area is 98.4 Å². The third-order valence-electron chi connectivity index (χ3n) is 2.90. The average molecular weight is 222 g/mol. The van der Waals surface area contributed by atoms with E-state index < -0.39 is 11.0 Å². The Balaban J connectivity index is 2.67. The number of ether oxygens (including phenoxy) is 1. The number of carbonyl (C=O) groups excluding carboxylic acids is 1. The number of rotatable bonds is 3. The van der Waals surface area contributed by atoms with Crippen LogP contribution in [0.25, 0.3) is 0 Å². The molecule has 0 amide bonds. The van der Waals surface area contributed by atoms with Crippen molar-refractivity contribution in [1.29, 1.82) is 0 Å². The van der Waals surface area contributed by atoms with Crippen LogP contribution in [-0.4, -0.2) is 11.6 Å². The third kappa shape index (κ3) is 3.22. The molecule has 0 saturated heterocycles. The van der Waals surface area contributed by atoms with Gasteiger partial charge in [-0.1, -0.05) is 17.7 Å². The molecule has 0 radical (unpaired) electrons. The third-order valence-corrected chi connectivity index (χ3v) is 2.90. The largest absolute Gasteiger partial charge is 0.454 e. The highest BCUT2D eigenvalue weighted by molar-refractivity contribution is 5.80. The van der Waals surface area contributed by atoms with E-state index in [-0.39, 0.29) is 5.97 Å². The summed E-state index contributed by atoms with van der Waals surface area (Å²) in [6.45, 7) is 9.88. The molecule has 1 atom stereocenters. The number of hydrogen-bond acceptors (Lipinski definition) is 2. The van der Waals surface area contributed by atoms with Crippen molar-refractivity contribution in [2.45, 2.75) is 53.1 Å². The van der Waals surface area contributed by atoms with Crippen LogP contribution >= 0.6 is 0 Å². The lowest BCUT2D eigenvalue weighted by Gasteiger charge is -2.35. The number of cyclic esters (lactones) is 1. The summed E-state index contributed by atoms with van der Waals surface area (Å²) in [5, 5.41) is 0. The van der Waals surface area contributed by atoms with Crippen molar-refractivity contribution in [2.24, 2.45) is 5.41 Å². The minimum Gasteiger partial charge on any atom is -0.454 e. The summed E-state index contributed by atoms with van der Waals surface area (Å²) in [6.07, 6.45) is 7.94. The van der Waals surface area contributed by atoms with Crippen LogP contribution in [0.2, 0.25) is 0 Å². The van der Waals surface area contributed by atoms with Crippen LogP contribution < -0.4 is 0 Å². The van der Waals surface area contributed by atoms with Crippen LogP contribution in [0, 0.1) is 5.41 Å². The fourth-order valence-electron chi connectivity index (χ4n) is 1.61. The Morgan fingerprint density at radius 3 is 2.44 bits per heavy atom. The van der Waals surface area contributed by atoms with Gasteiger partial charge >= 0.3 is 5.97 Å². The summed E-state index contributed by atoms with van der Waals surface area (Å²) in [7, 11) is 0. The molecule has 90 valence electrons. The highest BCUT2D eigenvalue weighted by Crippen LogP contribution is 2.33. The number of carbonyl (C=O) groups is 1. The fraction of sp³-hybridized carbons (Fsp3) is 0.643. The zero-order valence-electron chi connectivity index (χ0n) is 11.0. The van der Waals surface area contributed by atoms with Crippen molar-refractivity contribution in [3.05, 3.63) is 23.8 Å². The van der Waals surface area contributed by atoms with Gasteiger partial charge < -0.3 is 4.74 Å². The molecule has 1 heterocycles. The van der Waals surface area contributed by atoms with Gasteiger partial charge in [-0.15, -0.1) is 0 Å². The van der Waals surface area contributed by atoms with E-state index in [0.717, 1.165) is 12.8 Å². The van der Waals surface area contributed by atoms with Gasteiger partial charge in [0.1, 0.15) is 5.60 Å². The fourth-order valence-corrected chi connectivity index (χ4v) is 1.61. The van der Waals surface area contributed by atoms with Crippen LogP contribution in [-0.2, 0) is 9.53 Å². The molecule has 0 aliphatic carbocycles. The molecule has 1 unspecified atom stereocenters. The first-order valence-corrected chi connectivity index (χ1v) is 5.82. The van der Waals surface area contributed by atoms with Crippen LogP contribution in [0.3, 0.4) is 0 Å². The minimum absolute atomic E-state index is 0.130. The molecule has 0 aromatic carbocycles. The Hall–Kier alpha value is -1.05. The molecule has 16 heavy (non-hydrogen) atoms. The second kappa shape index (κ2) is 4.44. The van der Waals surface area contributed by atoms with E-state index >= 15 is 0 Å². The molecule has 2 nitrogen and oxygen atoms in total. The van der Waals surface area contributed by atoms with Crippen molar-refractivity contribution in [3.8, 4) is 0 Å². The first-order valence-electron chi connectivity index (χ1n) is 5.82. The Bertz CT molecular complexity index is 333. The second-order valence-corrected chi connectivity index (χ2v) is 5.58. The van der Waals surface area contributed by atoms with Gasteiger partial charge in [0.25, 0.3) is 0 Å². The van der Waals surface area contributed by atoms with Crippen LogP contribution in [0.5, 0.6) is 0 Å². The lowest BCUT2D eigenvalue weighted by Crippen LogP contribution is -2.40. The normalized spacial score (nSPS) is 27.4. The molecule has 0 spiro atoms. The summed E-state index contributed by atoms with van der Waals surface area (Å²) in [5.41, 5.74) is 0.393. The number of allylic oxidation sites excluding steroid dienone is 2. The van der Waals surface area contributed by atoms with Crippen molar-refractivity contribution in [2.75, 3.05) is 0 Å². The molecule has 0 aromatic rings. The molecule has 2 heteroatoms. The second-order valence-electron chi connectivity index (χ2n) is 5.58. The van der Waals surface area contributed by atoms with Crippen molar-refractivity contribution in [3.63, 3.8) is 0 Å². The highest BCUT2D eigenvalue weighted by atomic mass is 16.6. The molecule has 0 bridgehead atoms. The summed E-state index contributed by atoms with van der Waals surface area (Å²) in [4.78, 5) is 11.7. The molecule has 0 aromatic heterocycles. The maximum absolute atomic E-state index is 11.7. The van der Waals surface area contributed by atoms with Gasteiger partial charge in [-0.05, 0) is 53.5 Å². The first-order chi connectivity index (χ1) is 7.25. The van der Waals surface area contributed by atoms with E-state index in [4.69, 9.17) is 4.74 Å². The van der Waals surface area contributed by atoms with Gasteiger partial charge in [-0.25, -0.2) is 0 Å². The predicted molar refractivity (Wildman–Crippen MR) is 66.1 cm³/mol. The van der Waals surface area contributed by atoms with Gasteiger partial charge in [0.15, 0.2) is 0 Å². The molecular weight excluding hydrogens is 200 g/mol. The molecule has 1 aliphatic rings. The molecule has 1 aliphatic heterocycles. The lowest BCUT2D eigenvalue weighted by atomic mass is 9.85. The molecule has 0 saturated carbocycles. The van der Waals surface area contributed by atoms with Gasteiger partial charge in [0.05, 0.1) is 5.41 Å². The molecular formula is C14H22O2. The molecule has 0 N–H and O–H groups in total. The van der Waals surface area contributed by atoms with Gasteiger partial charge in [0, 0.05) is 0 Å². The Morgan fingerprint density at radius 1 is 1.31 bits per heavy atom. The van der Waals surface area contributed by atoms with Crippen molar-refractivity contribution < 1.29 is 9.53 Å². The highest BCUT2D eigenvalue weighted by Gasteiger charge is 2.37. The van der Waals surface area contributed by atoms with Crippen molar-refractivity contribution >= 4 is 5.97 Å². The SMILES string of the molecule is CC(C)=CCCC1(C)C=CC(C)(C)C(=O)O1. The molecule has 1 rings (SSSR count). The van der Waals surface area contributed by atoms with Crippen LogP contribution in [0.4, 0.5) is 0 Å². The van der Waals surface area contributed by atoms with Gasteiger partial charge in [-0.2, -0.15) is 0 Å².